The molecule has 1 aliphatic heterocycles. The Hall–Kier alpha value is -2.62. The van der Waals surface area contributed by atoms with Gasteiger partial charge in [-0.2, -0.15) is 9.29 Å². The number of piperazine rings is 1. The molecule has 8 nitrogen and oxygen atoms in total. The SMILES string of the molecule is COc1ccc(S(=O)(=O)N2CCN(c3nc(Cc4ccc(Cl)cc4)no3)CC2)cc1. The van der Waals surface area contributed by atoms with Crippen LogP contribution in [-0.4, -0.2) is 56.2 Å². The fourth-order valence-corrected chi connectivity index (χ4v) is 4.79. The first-order valence-corrected chi connectivity index (χ1v) is 11.2. The van der Waals surface area contributed by atoms with Crippen LogP contribution in [-0.2, 0) is 16.4 Å². The van der Waals surface area contributed by atoms with Crippen molar-refractivity contribution in [3.63, 3.8) is 0 Å². The van der Waals surface area contributed by atoms with Crippen LogP contribution in [0.5, 0.6) is 5.75 Å². The molecule has 2 heterocycles. The molecule has 2 aromatic carbocycles. The Balaban J connectivity index is 1.38. The average Bonchev–Trinajstić information content (AvgIpc) is 3.24. The van der Waals surface area contributed by atoms with E-state index >= 15 is 0 Å². The Labute approximate surface area is 180 Å². The minimum atomic E-state index is -3.56. The number of ether oxygens (including phenoxy) is 1. The summed E-state index contributed by atoms with van der Waals surface area (Å²) < 4.78 is 37.7. The summed E-state index contributed by atoms with van der Waals surface area (Å²) in [6.07, 6.45) is 0.534. The van der Waals surface area contributed by atoms with E-state index < -0.39 is 10.0 Å². The topological polar surface area (TPSA) is 88.8 Å². The zero-order chi connectivity index (χ0) is 21.1. The number of aromatic nitrogens is 2. The van der Waals surface area contributed by atoms with Gasteiger partial charge in [0.1, 0.15) is 5.75 Å². The summed E-state index contributed by atoms with van der Waals surface area (Å²) in [5.41, 5.74) is 1.03. The maximum atomic E-state index is 12.9. The molecule has 0 amide bonds. The lowest BCUT2D eigenvalue weighted by Crippen LogP contribution is -2.48. The highest BCUT2D eigenvalue weighted by molar-refractivity contribution is 7.89. The largest absolute Gasteiger partial charge is 0.497 e. The molecule has 30 heavy (non-hydrogen) atoms. The summed E-state index contributed by atoms with van der Waals surface area (Å²) in [5.74, 6) is 1.19. The third-order valence-corrected chi connectivity index (χ3v) is 7.10. The highest BCUT2D eigenvalue weighted by atomic mass is 35.5. The summed E-state index contributed by atoms with van der Waals surface area (Å²) in [6, 6.07) is 14.3. The summed E-state index contributed by atoms with van der Waals surface area (Å²) in [5, 5.41) is 4.71. The predicted octanol–water partition coefficient (Wildman–Crippen LogP) is 2.83. The van der Waals surface area contributed by atoms with Crippen LogP contribution in [0.3, 0.4) is 0 Å². The number of hydrogen-bond donors (Lipinski definition) is 0. The highest BCUT2D eigenvalue weighted by Gasteiger charge is 2.30. The average molecular weight is 449 g/mol. The van der Waals surface area contributed by atoms with Crippen LogP contribution >= 0.6 is 11.6 Å². The lowest BCUT2D eigenvalue weighted by Gasteiger charge is -2.32. The number of halogens is 1. The Bertz CT molecular complexity index is 1090. The number of nitrogens with zero attached hydrogens (tertiary/aromatic N) is 4. The molecule has 1 fully saturated rings. The number of methoxy groups -OCH3 is 1. The molecule has 158 valence electrons. The van der Waals surface area contributed by atoms with Crippen LogP contribution in [0.4, 0.5) is 6.01 Å². The van der Waals surface area contributed by atoms with Crippen molar-refractivity contribution < 1.29 is 17.7 Å². The first-order chi connectivity index (χ1) is 14.5. The molecule has 0 saturated carbocycles. The molecule has 0 N–H and O–H groups in total. The Morgan fingerprint density at radius 3 is 2.33 bits per heavy atom. The van der Waals surface area contributed by atoms with E-state index in [0.29, 0.717) is 55.2 Å². The summed E-state index contributed by atoms with van der Waals surface area (Å²) >= 11 is 5.91. The van der Waals surface area contributed by atoms with Crippen molar-refractivity contribution in [2.45, 2.75) is 11.3 Å². The third kappa shape index (κ3) is 4.43. The second kappa shape index (κ2) is 8.63. The van der Waals surface area contributed by atoms with Gasteiger partial charge in [-0.25, -0.2) is 8.42 Å². The fourth-order valence-electron chi connectivity index (χ4n) is 3.25. The quantitative estimate of drug-likeness (QED) is 0.572. The van der Waals surface area contributed by atoms with Crippen LogP contribution in [0, 0.1) is 0 Å². The molecule has 10 heteroatoms. The number of sulfonamides is 1. The Morgan fingerprint density at radius 1 is 1.03 bits per heavy atom. The molecule has 0 unspecified atom stereocenters. The van der Waals surface area contributed by atoms with Crippen LogP contribution in [0.25, 0.3) is 0 Å². The number of benzene rings is 2. The van der Waals surface area contributed by atoms with Gasteiger partial charge >= 0.3 is 6.01 Å². The van der Waals surface area contributed by atoms with Gasteiger partial charge < -0.3 is 14.2 Å². The summed E-state index contributed by atoms with van der Waals surface area (Å²) in [6.45, 7) is 1.61. The molecule has 0 aliphatic carbocycles. The highest BCUT2D eigenvalue weighted by Crippen LogP contribution is 2.22. The Kier molecular flexibility index (Phi) is 5.94. The van der Waals surface area contributed by atoms with E-state index in [1.54, 1.807) is 31.4 Å². The molecule has 0 atom stereocenters. The van der Waals surface area contributed by atoms with E-state index in [-0.39, 0.29) is 4.90 Å². The number of hydrogen-bond acceptors (Lipinski definition) is 7. The predicted molar refractivity (Wildman–Crippen MR) is 113 cm³/mol. The van der Waals surface area contributed by atoms with Crippen molar-refractivity contribution in [3.05, 3.63) is 64.9 Å². The minimum absolute atomic E-state index is 0.250. The molecule has 1 aliphatic rings. The monoisotopic (exact) mass is 448 g/mol. The Morgan fingerprint density at radius 2 is 1.70 bits per heavy atom. The smallest absolute Gasteiger partial charge is 0.324 e. The van der Waals surface area contributed by atoms with Crippen molar-refractivity contribution in [1.82, 2.24) is 14.4 Å². The lowest BCUT2D eigenvalue weighted by atomic mass is 10.1. The molecule has 3 aromatic rings. The minimum Gasteiger partial charge on any atom is -0.497 e. The molecule has 1 aromatic heterocycles. The van der Waals surface area contributed by atoms with Crippen molar-refractivity contribution in [3.8, 4) is 5.75 Å². The van der Waals surface area contributed by atoms with Gasteiger partial charge in [-0.05, 0) is 42.0 Å². The zero-order valence-electron chi connectivity index (χ0n) is 16.4. The summed E-state index contributed by atoms with van der Waals surface area (Å²) in [4.78, 5) is 6.60. The van der Waals surface area contributed by atoms with Gasteiger partial charge in [-0.15, -0.1) is 0 Å². The van der Waals surface area contributed by atoms with E-state index in [2.05, 4.69) is 10.1 Å². The normalized spacial score (nSPS) is 15.3. The van der Waals surface area contributed by atoms with Crippen LogP contribution in [0.1, 0.15) is 11.4 Å². The van der Waals surface area contributed by atoms with Crippen LogP contribution in [0.15, 0.2) is 57.9 Å². The van der Waals surface area contributed by atoms with Gasteiger partial charge in [-0.1, -0.05) is 28.9 Å². The lowest BCUT2D eigenvalue weighted by molar-refractivity contribution is 0.353. The van der Waals surface area contributed by atoms with Gasteiger partial charge in [0.25, 0.3) is 0 Å². The number of anilines is 1. The van der Waals surface area contributed by atoms with Crippen molar-refractivity contribution in [2.24, 2.45) is 0 Å². The van der Waals surface area contributed by atoms with Crippen molar-refractivity contribution in [2.75, 3.05) is 38.2 Å². The molecular formula is C20H21ClN4O4S. The van der Waals surface area contributed by atoms with Crippen LogP contribution in [0.2, 0.25) is 5.02 Å². The van der Waals surface area contributed by atoms with Crippen LogP contribution < -0.4 is 9.64 Å². The fraction of sp³-hybridized carbons (Fsp3) is 0.300. The molecule has 1 saturated heterocycles. The van der Waals surface area contributed by atoms with E-state index in [1.165, 1.54) is 4.31 Å². The third-order valence-electron chi connectivity index (χ3n) is 4.94. The molecule has 0 radical (unpaired) electrons. The molecule has 4 rings (SSSR count). The first kappa shape index (κ1) is 20.6. The zero-order valence-corrected chi connectivity index (χ0v) is 17.9. The summed E-state index contributed by atoms with van der Waals surface area (Å²) in [7, 11) is -2.02. The van der Waals surface area contributed by atoms with Gasteiger partial charge in [-0.3, -0.25) is 0 Å². The van der Waals surface area contributed by atoms with E-state index in [4.69, 9.17) is 20.9 Å². The van der Waals surface area contributed by atoms with Crippen molar-refractivity contribution >= 4 is 27.6 Å². The van der Waals surface area contributed by atoms with Gasteiger partial charge in [0, 0.05) is 37.6 Å². The first-order valence-electron chi connectivity index (χ1n) is 9.42. The maximum Gasteiger partial charge on any atom is 0.324 e. The second-order valence-corrected chi connectivity index (χ2v) is 9.24. The molecule has 0 bridgehead atoms. The van der Waals surface area contributed by atoms with Gasteiger partial charge in [0.2, 0.25) is 10.0 Å². The second-order valence-electron chi connectivity index (χ2n) is 6.86. The van der Waals surface area contributed by atoms with Gasteiger partial charge in [0.05, 0.1) is 12.0 Å². The van der Waals surface area contributed by atoms with E-state index in [0.717, 1.165) is 5.56 Å². The number of rotatable bonds is 6. The molecule has 0 spiro atoms. The van der Waals surface area contributed by atoms with Gasteiger partial charge in [0.15, 0.2) is 5.82 Å². The maximum absolute atomic E-state index is 12.9. The van der Waals surface area contributed by atoms with E-state index in [9.17, 15) is 8.42 Å². The van der Waals surface area contributed by atoms with E-state index in [1.807, 2.05) is 29.2 Å². The molecular weight excluding hydrogens is 428 g/mol. The van der Waals surface area contributed by atoms with Crippen molar-refractivity contribution in [1.29, 1.82) is 0 Å². The standard InChI is InChI=1S/C20H21ClN4O4S/c1-28-17-6-8-18(9-7-17)30(26,27)25-12-10-24(11-13-25)20-22-19(23-29-20)14-15-2-4-16(21)5-3-15/h2-9H,10-14H2,1H3.